The number of para-hydroxylation sites is 2. The number of ether oxygens (including phenoxy) is 1. The molecule has 1 N–H and O–H groups in total. The number of imide groups is 2. The fraction of sp³-hybridized carbons (Fsp3) is 0.167. The molecule has 1 aliphatic heterocycles. The lowest BCUT2D eigenvalue weighted by Gasteiger charge is -2.26. The zero-order chi connectivity index (χ0) is 27.0. The number of urea groups is 1. The Kier molecular flexibility index (Phi) is 6.78. The van der Waals surface area contributed by atoms with Gasteiger partial charge in [-0.1, -0.05) is 54.1 Å². The first kappa shape index (κ1) is 25.3. The van der Waals surface area contributed by atoms with Crippen molar-refractivity contribution in [3.05, 3.63) is 99.7 Å². The summed E-state index contributed by atoms with van der Waals surface area (Å²) >= 11 is 6.23. The molecule has 1 aliphatic rings. The first-order valence-electron chi connectivity index (χ1n) is 12.2. The number of amides is 4. The number of carbonyl (C=O) groups is 3. The van der Waals surface area contributed by atoms with Gasteiger partial charge in [-0.2, -0.15) is 0 Å². The third-order valence-corrected chi connectivity index (χ3v) is 7.03. The van der Waals surface area contributed by atoms with Gasteiger partial charge in [-0.15, -0.1) is 0 Å². The molecule has 0 radical (unpaired) electrons. The van der Waals surface area contributed by atoms with E-state index in [0.717, 1.165) is 38.2 Å². The molecular formula is C30H26ClN3O4. The molecule has 4 aromatic rings. The number of benzene rings is 3. The Hall–Kier alpha value is -4.36. The van der Waals surface area contributed by atoms with E-state index in [1.165, 1.54) is 12.1 Å². The Bertz CT molecular complexity index is 1620. The molecule has 2 heterocycles. The number of hydrogen-bond acceptors (Lipinski definition) is 4. The SMILES string of the molecule is Cc1ccc(N2C(=O)NC(=O)/C(=C/c3cn(CCOc4c(C)cccc4C)c4ccccc34)C2=O)cc1Cl. The molecule has 1 fully saturated rings. The summed E-state index contributed by atoms with van der Waals surface area (Å²) in [5, 5.41) is 3.55. The van der Waals surface area contributed by atoms with Crippen LogP contribution in [0.3, 0.4) is 0 Å². The molecule has 3 aromatic carbocycles. The van der Waals surface area contributed by atoms with E-state index in [1.54, 1.807) is 12.1 Å². The summed E-state index contributed by atoms with van der Waals surface area (Å²) in [6.07, 6.45) is 3.41. The molecular weight excluding hydrogens is 502 g/mol. The Morgan fingerprint density at radius 1 is 0.921 bits per heavy atom. The third-order valence-electron chi connectivity index (χ3n) is 6.62. The highest BCUT2D eigenvalue weighted by molar-refractivity contribution is 6.39. The van der Waals surface area contributed by atoms with E-state index in [4.69, 9.17) is 16.3 Å². The normalized spacial score (nSPS) is 14.9. The quantitative estimate of drug-likeness (QED) is 0.247. The van der Waals surface area contributed by atoms with Crippen molar-refractivity contribution >= 4 is 52.1 Å². The molecule has 38 heavy (non-hydrogen) atoms. The summed E-state index contributed by atoms with van der Waals surface area (Å²) in [5.74, 6) is -0.588. The number of aryl methyl sites for hydroxylation is 3. The topological polar surface area (TPSA) is 80.6 Å². The maximum atomic E-state index is 13.4. The second-order valence-corrected chi connectivity index (χ2v) is 9.66. The number of nitrogens with one attached hydrogen (secondary N) is 1. The minimum absolute atomic E-state index is 0.143. The van der Waals surface area contributed by atoms with Crippen LogP contribution in [-0.2, 0) is 16.1 Å². The highest BCUT2D eigenvalue weighted by Gasteiger charge is 2.37. The van der Waals surface area contributed by atoms with E-state index >= 15 is 0 Å². The van der Waals surface area contributed by atoms with Crippen LogP contribution >= 0.6 is 11.6 Å². The maximum Gasteiger partial charge on any atom is 0.335 e. The number of halogens is 1. The first-order chi connectivity index (χ1) is 18.2. The van der Waals surface area contributed by atoms with Gasteiger partial charge >= 0.3 is 6.03 Å². The molecule has 0 aliphatic carbocycles. The van der Waals surface area contributed by atoms with E-state index in [-0.39, 0.29) is 11.3 Å². The Morgan fingerprint density at radius 2 is 1.66 bits per heavy atom. The molecule has 4 amide bonds. The second kappa shape index (κ2) is 10.2. The molecule has 0 spiro atoms. The Morgan fingerprint density at radius 3 is 2.39 bits per heavy atom. The van der Waals surface area contributed by atoms with Gasteiger partial charge in [0.25, 0.3) is 11.8 Å². The van der Waals surface area contributed by atoms with Crippen LogP contribution in [0, 0.1) is 20.8 Å². The number of anilines is 1. The fourth-order valence-corrected chi connectivity index (χ4v) is 4.79. The number of rotatable bonds is 6. The predicted octanol–water partition coefficient (Wildman–Crippen LogP) is 5.97. The van der Waals surface area contributed by atoms with Crippen molar-refractivity contribution in [2.75, 3.05) is 11.5 Å². The summed E-state index contributed by atoms with van der Waals surface area (Å²) in [6.45, 7) is 6.85. The minimum atomic E-state index is -0.817. The lowest BCUT2D eigenvalue weighted by atomic mass is 10.1. The summed E-state index contributed by atoms with van der Waals surface area (Å²) < 4.78 is 8.13. The van der Waals surface area contributed by atoms with Gasteiger partial charge in [0.1, 0.15) is 17.9 Å². The number of barbiturate groups is 1. The summed E-state index contributed by atoms with van der Waals surface area (Å²) in [4.78, 5) is 39.7. The van der Waals surface area contributed by atoms with Gasteiger partial charge in [0, 0.05) is 27.7 Å². The lowest BCUT2D eigenvalue weighted by molar-refractivity contribution is -0.122. The molecule has 1 saturated heterocycles. The van der Waals surface area contributed by atoms with Gasteiger partial charge in [-0.25, -0.2) is 9.69 Å². The molecule has 0 unspecified atom stereocenters. The first-order valence-corrected chi connectivity index (χ1v) is 12.6. The van der Waals surface area contributed by atoms with Crippen molar-refractivity contribution in [2.24, 2.45) is 0 Å². The Labute approximate surface area is 225 Å². The van der Waals surface area contributed by atoms with Gasteiger partial charge < -0.3 is 9.30 Å². The predicted molar refractivity (Wildman–Crippen MR) is 149 cm³/mol. The van der Waals surface area contributed by atoms with E-state index in [9.17, 15) is 14.4 Å². The molecule has 192 valence electrons. The van der Waals surface area contributed by atoms with Crippen LogP contribution < -0.4 is 15.0 Å². The van der Waals surface area contributed by atoms with Crippen LogP contribution in [0.2, 0.25) is 5.02 Å². The smallest absolute Gasteiger partial charge is 0.335 e. The number of nitrogens with zero attached hydrogens (tertiary/aromatic N) is 2. The number of hydrogen-bond donors (Lipinski definition) is 1. The molecule has 0 atom stereocenters. The van der Waals surface area contributed by atoms with Gasteiger partial charge in [-0.05, 0) is 61.7 Å². The van der Waals surface area contributed by atoms with E-state index in [2.05, 4.69) is 5.32 Å². The van der Waals surface area contributed by atoms with E-state index in [0.29, 0.717) is 23.7 Å². The van der Waals surface area contributed by atoms with Crippen LogP contribution in [0.15, 0.2) is 72.4 Å². The van der Waals surface area contributed by atoms with Crippen LogP contribution in [0.25, 0.3) is 17.0 Å². The standard InChI is InChI=1S/C30H26ClN3O4/c1-18-11-12-22(16-25(18)31)34-29(36)24(28(35)32-30(34)37)15-21-17-33(26-10-5-4-9-23(21)26)13-14-38-27-19(2)7-6-8-20(27)3/h4-12,15-17H,13-14H2,1-3H3,(H,32,35,37)/b24-15-. The van der Waals surface area contributed by atoms with Crippen LogP contribution in [0.5, 0.6) is 5.75 Å². The van der Waals surface area contributed by atoms with Gasteiger partial charge in [0.05, 0.1) is 12.2 Å². The minimum Gasteiger partial charge on any atom is -0.491 e. The zero-order valence-corrected chi connectivity index (χ0v) is 22.0. The van der Waals surface area contributed by atoms with Crippen LogP contribution in [0.1, 0.15) is 22.3 Å². The molecule has 7 nitrogen and oxygen atoms in total. The summed E-state index contributed by atoms with van der Waals surface area (Å²) in [7, 11) is 0. The summed E-state index contributed by atoms with van der Waals surface area (Å²) in [6, 6.07) is 17.8. The lowest BCUT2D eigenvalue weighted by Crippen LogP contribution is -2.54. The zero-order valence-electron chi connectivity index (χ0n) is 21.2. The van der Waals surface area contributed by atoms with Gasteiger partial charge in [0.15, 0.2) is 0 Å². The van der Waals surface area contributed by atoms with Crippen molar-refractivity contribution in [3.63, 3.8) is 0 Å². The van der Waals surface area contributed by atoms with Crippen molar-refractivity contribution in [2.45, 2.75) is 27.3 Å². The molecule has 0 saturated carbocycles. The average Bonchev–Trinajstić information content (AvgIpc) is 3.23. The monoisotopic (exact) mass is 527 g/mol. The van der Waals surface area contributed by atoms with Crippen molar-refractivity contribution in [1.29, 1.82) is 0 Å². The van der Waals surface area contributed by atoms with Crippen molar-refractivity contribution < 1.29 is 19.1 Å². The highest BCUT2D eigenvalue weighted by atomic mass is 35.5. The molecule has 1 aromatic heterocycles. The molecule has 5 rings (SSSR count). The molecule has 0 bridgehead atoms. The van der Waals surface area contributed by atoms with E-state index in [1.807, 2.05) is 74.0 Å². The van der Waals surface area contributed by atoms with Crippen LogP contribution in [0.4, 0.5) is 10.5 Å². The largest absolute Gasteiger partial charge is 0.491 e. The van der Waals surface area contributed by atoms with Gasteiger partial charge in [-0.3, -0.25) is 14.9 Å². The van der Waals surface area contributed by atoms with Crippen LogP contribution in [-0.4, -0.2) is 29.0 Å². The number of aromatic nitrogens is 1. The summed E-state index contributed by atoms with van der Waals surface area (Å²) in [5.41, 5.74) is 4.71. The van der Waals surface area contributed by atoms with E-state index < -0.39 is 17.8 Å². The fourth-order valence-electron chi connectivity index (χ4n) is 4.62. The maximum absolute atomic E-state index is 13.4. The van der Waals surface area contributed by atoms with Gasteiger partial charge in [0.2, 0.25) is 0 Å². The molecule has 8 heteroatoms. The highest BCUT2D eigenvalue weighted by Crippen LogP contribution is 2.29. The number of fused-ring (bicyclic) bond motifs is 1. The second-order valence-electron chi connectivity index (χ2n) is 9.26. The average molecular weight is 528 g/mol. The Balaban J connectivity index is 1.46. The van der Waals surface area contributed by atoms with Crippen molar-refractivity contribution in [1.82, 2.24) is 9.88 Å². The number of carbonyl (C=O) groups excluding carboxylic acids is 3. The third kappa shape index (κ3) is 4.68. The van der Waals surface area contributed by atoms with Crippen molar-refractivity contribution in [3.8, 4) is 5.75 Å².